The van der Waals surface area contributed by atoms with Gasteiger partial charge in [-0.2, -0.15) is 0 Å². The third kappa shape index (κ3) is 3.41. The van der Waals surface area contributed by atoms with Gasteiger partial charge in [-0.15, -0.1) is 0 Å². The summed E-state index contributed by atoms with van der Waals surface area (Å²) in [5.41, 5.74) is 7.50. The third-order valence-electron chi connectivity index (χ3n) is 4.59. The lowest BCUT2D eigenvalue weighted by Gasteiger charge is -2.17. The number of hydrogen-bond donors (Lipinski definition) is 1. The van der Waals surface area contributed by atoms with E-state index in [0.29, 0.717) is 34.4 Å². The minimum Gasteiger partial charge on any atom is -0.490 e. The van der Waals surface area contributed by atoms with Gasteiger partial charge in [-0.25, -0.2) is 0 Å². The van der Waals surface area contributed by atoms with E-state index < -0.39 is 0 Å². The molecule has 1 atom stereocenters. The molecule has 2 aromatic heterocycles. The largest absolute Gasteiger partial charge is 0.490 e. The molecule has 0 aliphatic rings. The maximum atomic E-state index is 12.8. The van der Waals surface area contributed by atoms with E-state index in [2.05, 4.69) is 18.8 Å². The molecular formula is C20H24ClN3O2. The Kier molecular flexibility index (Phi) is 5.21. The molecule has 0 spiro atoms. The Hall–Kier alpha value is -2.11. The normalized spacial score (nSPS) is 12.9. The Balaban J connectivity index is 2.10. The topological polar surface area (TPSA) is 70.1 Å². The fourth-order valence-corrected chi connectivity index (χ4v) is 3.57. The van der Waals surface area contributed by atoms with Crippen LogP contribution in [-0.2, 0) is 7.05 Å². The number of nitrogens with zero attached hydrogens (tertiary/aromatic N) is 2. The van der Waals surface area contributed by atoms with Crippen molar-refractivity contribution in [2.75, 3.05) is 6.61 Å². The van der Waals surface area contributed by atoms with E-state index in [0.717, 1.165) is 22.7 Å². The van der Waals surface area contributed by atoms with Crippen molar-refractivity contribution in [3.8, 4) is 5.75 Å². The molecule has 0 unspecified atom stereocenters. The van der Waals surface area contributed by atoms with Crippen LogP contribution in [0.1, 0.15) is 26.0 Å². The maximum absolute atomic E-state index is 12.8. The van der Waals surface area contributed by atoms with Crippen LogP contribution in [0.2, 0.25) is 5.02 Å². The number of aryl methyl sites for hydroxylation is 2. The van der Waals surface area contributed by atoms with Gasteiger partial charge in [0.25, 0.3) is 5.56 Å². The monoisotopic (exact) mass is 373 g/mol. The summed E-state index contributed by atoms with van der Waals surface area (Å²) in [7, 11) is 1.75. The molecule has 3 aromatic rings. The highest BCUT2D eigenvalue weighted by Crippen LogP contribution is 2.33. The van der Waals surface area contributed by atoms with Crippen LogP contribution in [0.15, 0.2) is 29.2 Å². The van der Waals surface area contributed by atoms with Crippen molar-refractivity contribution in [2.24, 2.45) is 18.7 Å². The van der Waals surface area contributed by atoms with Gasteiger partial charge in [0.05, 0.1) is 21.6 Å². The van der Waals surface area contributed by atoms with Gasteiger partial charge in [0, 0.05) is 30.7 Å². The fraction of sp³-hybridized carbons (Fsp3) is 0.400. The van der Waals surface area contributed by atoms with Crippen molar-refractivity contribution >= 4 is 33.3 Å². The van der Waals surface area contributed by atoms with Crippen LogP contribution in [0.5, 0.6) is 5.75 Å². The minimum absolute atomic E-state index is 0.0593. The van der Waals surface area contributed by atoms with Crippen LogP contribution in [-0.4, -0.2) is 22.2 Å². The second-order valence-electron chi connectivity index (χ2n) is 7.18. The third-order valence-corrected chi connectivity index (χ3v) is 4.88. The molecule has 0 aliphatic carbocycles. The number of pyridine rings is 2. The van der Waals surface area contributed by atoms with Crippen molar-refractivity contribution in [1.29, 1.82) is 0 Å². The molecule has 26 heavy (non-hydrogen) atoms. The lowest BCUT2D eigenvalue weighted by atomic mass is 10.0. The van der Waals surface area contributed by atoms with Crippen LogP contribution >= 0.6 is 11.6 Å². The molecule has 0 radical (unpaired) electrons. The van der Waals surface area contributed by atoms with E-state index in [1.165, 1.54) is 0 Å². The minimum atomic E-state index is -0.0807. The number of fused-ring (bicyclic) bond motifs is 3. The number of benzene rings is 1. The summed E-state index contributed by atoms with van der Waals surface area (Å²) in [4.78, 5) is 17.0. The molecule has 0 bridgehead atoms. The van der Waals surface area contributed by atoms with E-state index in [1.54, 1.807) is 17.8 Å². The second-order valence-corrected chi connectivity index (χ2v) is 7.59. The molecule has 5 nitrogen and oxygen atoms in total. The molecule has 0 saturated heterocycles. The van der Waals surface area contributed by atoms with Gasteiger partial charge in [0.15, 0.2) is 0 Å². The molecule has 6 heteroatoms. The van der Waals surface area contributed by atoms with Gasteiger partial charge < -0.3 is 15.0 Å². The Morgan fingerprint density at radius 3 is 2.73 bits per heavy atom. The number of ether oxygens (including phenoxy) is 1. The van der Waals surface area contributed by atoms with Gasteiger partial charge in [-0.05, 0) is 36.8 Å². The van der Waals surface area contributed by atoms with Crippen LogP contribution in [0, 0.1) is 12.8 Å². The Morgan fingerprint density at radius 2 is 2.04 bits per heavy atom. The molecular weight excluding hydrogens is 350 g/mol. The summed E-state index contributed by atoms with van der Waals surface area (Å²) >= 11 is 6.46. The van der Waals surface area contributed by atoms with Gasteiger partial charge in [-0.3, -0.25) is 9.78 Å². The summed E-state index contributed by atoms with van der Waals surface area (Å²) in [6, 6.07) is 5.45. The molecule has 2 heterocycles. The zero-order valence-electron chi connectivity index (χ0n) is 15.5. The van der Waals surface area contributed by atoms with Crippen molar-refractivity contribution in [2.45, 2.75) is 33.2 Å². The highest BCUT2D eigenvalue weighted by molar-refractivity contribution is 6.33. The van der Waals surface area contributed by atoms with Gasteiger partial charge in [-0.1, -0.05) is 25.4 Å². The fourth-order valence-electron chi connectivity index (χ4n) is 3.35. The Labute approximate surface area is 157 Å². The number of aromatic nitrogens is 2. The van der Waals surface area contributed by atoms with Crippen LogP contribution in [0.3, 0.4) is 0 Å². The highest BCUT2D eigenvalue weighted by atomic mass is 35.5. The predicted octanol–water partition coefficient (Wildman–Crippen LogP) is 3.80. The van der Waals surface area contributed by atoms with Crippen molar-refractivity contribution in [3.05, 3.63) is 45.5 Å². The van der Waals surface area contributed by atoms with E-state index in [4.69, 9.17) is 22.1 Å². The lowest BCUT2D eigenvalue weighted by molar-refractivity contribution is 0.271. The van der Waals surface area contributed by atoms with Crippen LogP contribution in [0.25, 0.3) is 21.7 Å². The molecule has 138 valence electrons. The zero-order chi connectivity index (χ0) is 19.0. The molecule has 0 aliphatic heterocycles. The number of hydrogen-bond acceptors (Lipinski definition) is 4. The zero-order valence-corrected chi connectivity index (χ0v) is 16.3. The first-order valence-electron chi connectivity index (χ1n) is 8.75. The molecule has 0 saturated carbocycles. The summed E-state index contributed by atoms with van der Waals surface area (Å²) in [5, 5.41) is 2.87. The Morgan fingerprint density at radius 1 is 1.31 bits per heavy atom. The maximum Gasteiger partial charge on any atom is 0.260 e. The first kappa shape index (κ1) is 18.7. The smallest absolute Gasteiger partial charge is 0.260 e. The highest BCUT2D eigenvalue weighted by Gasteiger charge is 2.15. The number of halogens is 1. The number of rotatable bonds is 5. The SMILES string of the molecule is Cc1nccc2c1c(=O)n(C)c1cc(OC[C@@H](N)CC(C)C)c(Cl)cc21. The van der Waals surface area contributed by atoms with E-state index in [9.17, 15) is 4.79 Å². The predicted molar refractivity (Wildman–Crippen MR) is 107 cm³/mol. The molecule has 3 rings (SSSR count). The molecule has 2 N–H and O–H groups in total. The quantitative estimate of drug-likeness (QED) is 0.690. The first-order chi connectivity index (χ1) is 12.3. The molecule has 0 amide bonds. The van der Waals surface area contributed by atoms with E-state index in [-0.39, 0.29) is 11.6 Å². The standard InChI is InChI=1S/C20H24ClN3O2/c1-11(2)7-13(22)10-26-18-9-17-15(8-16(18)21)14-5-6-23-12(3)19(14)20(25)24(17)4/h5-6,8-9,11,13H,7,10,22H2,1-4H3/t13-/m0/s1. The van der Waals surface area contributed by atoms with E-state index >= 15 is 0 Å². The van der Waals surface area contributed by atoms with Gasteiger partial charge in [0.2, 0.25) is 0 Å². The number of nitrogens with two attached hydrogens (primary N) is 1. The van der Waals surface area contributed by atoms with Gasteiger partial charge in [0.1, 0.15) is 12.4 Å². The molecule has 0 fully saturated rings. The summed E-state index contributed by atoms with van der Waals surface area (Å²) in [6.45, 7) is 6.47. The first-order valence-corrected chi connectivity index (χ1v) is 9.13. The Bertz CT molecular complexity index is 1030. The molecule has 1 aromatic carbocycles. The van der Waals surface area contributed by atoms with Crippen LogP contribution < -0.4 is 16.0 Å². The van der Waals surface area contributed by atoms with Crippen molar-refractivity contribution in [3.63, 3.8) is 0 Å². The van der Waals surface area contributed by atoms with Crippen molar-refractivity contribution in [1.82, 2.24) is 9.55 Å². The summed E-state index contributed by atoms with van der Waals surface area (Å²) in [5.74, 6) is 1.04. The van der Waals surface area contributed by atoms with Crippen LogP contribution in [0.4, 0.5) is 0 Å². The summed E-state index contributed by atoms with van der Waals surface area (Å²) < 4.78 is 7.47. The van der Waals surface area contributed by atoms with Gasteiger partial charge >= 0.3 is 0 Å². The van der Waals surface area contributed by atoms with E-state index in [1.807, 2.05) is 25.1 Å². The summed E-state index contributed by atoms with van der Waals surface area (Å²) in [6.07, 6.45) is 2.58. The average molecular weight is 374 g/mol. The van der Waals surface area contributed by atoms with Crippen molar-refractivity contribution < 1.29 is 4.74 Å². The average Bonchev–Trinajstić information content (AvgIpc) is 2.57. The second kappa shape index (κ2) is 7.25. The lowest BCUT2D eigenvalue weighted by Crippen LogP contribution is -2.29.